The van der Waals surface area contributed by atoms with E-state index in [2.05, 4.69) is 63.0 Å². The Hall–Kier alpha value is -2.62. The summed E-state index contributed by atoms with van der Waals surface area (Å²) in [4.78, 5) is 26.8. The molecule has 0 bridgehead atoms. The first kappa shape index (κ1) is 23.7. The molecule has 30 heavy (non-hydrogen) atoms. The molecule has 0 radical (unpaired) electrons. The zero-order valence-corrected chi connectivity index (χ0v) is 18.9. The molecule has 0 unspecified atom stereocenters. The Kier molecular flexibility index (Phi) is 8.64. The van der Waals surface area contributed by atoms with Crippen LogP contribution in [0.4, 0.5) is 0 Å². The van der Waals surface area contributed by atoms with Gasteiger partial charge in [-0.1, -0.05) is 76.9 Å². The van der Waals surface area contributed by atoms with E-state index in [9.17, 15) is 9.59 Å². The van der Waals surface area contributed by atoms with Crippen molar-refractivity contribution in [3.8, 4) is 0 Å². The van der Waals surface area contributed by atoms with E-state index < -0.39 is 0 Å². The number of rotatable bonds is 10. The van der Waals surface area contributed by atoms with Crippen LogP contribution >= 0.6 is 0 Å². The quantitative estimate of drug-likeness (QED) is 0.510. The highest BCUT2D eigenvalue weighted by Gasteiger charge is 2.14. The molecule has 162 valence electrons. The van der Waals surface area contributed by atoms with Gasteiger partial charge in [0.15, 0.2) is 0 Å². The molecule has 3 N–H and O–H groups in total. The van der Waals surface area contributed by atoms with Gasteiger partial charge in [0, 0.05) is 23.3 Å². The zero-order chi connectivity index (χ0) is 22.1. The fourth-order valence-corrected chi connectivity index (χ4v) is 3.48. The van der Waals surface area contributed by atoms with Crippen LogP contribution in [-0.2, 0) is 16.6 Å². The van der Waals surface area contributed by atoms with Gasteiger partial charge in [-0.25, -0.2) is 0 Å². The Bertz CT molecular complexity index is 915. The summed E-state index contributed by atoms with van der Waals surface area (Å²) in [6, 6.07) is 12.4. The van der Waals surface area contributed by atoms with Gasteiger partial charge >= 0.3 is 0 Å². The number of primary amides is 1. The number of hydrogen-bond acceptors (Lipinski definition) is 2. The summed E-state index contributed by atoms with van der Waals surface area (Å²) in [5, 5.41) is 0. The third kappa shape index (κ3) is 7.01. The average molecular weight is 409 g/mol. The normalized spacial score (nSPS) is 12.2. The van der Waals surface area contributed by atoms with Crippen molar-refractivity contribution in [2.75, 3.05) is 0 Å². The van der Waals surface area contributed by atoms with Crippen LogP contribution in [0.2, 0.25) is 0 Å². The number of H-pyrrole nitrogens is 1. The molecule has 0 aliphatic carbocycles. The lowest BCUT2D eigenvalue weighted by atomic mass is 9.86. The molecule has 0 atom stereocenters. The van der Waals surface area contributed by atoms with Gasteiger partial charge in [0.25, 0.3) is 5.56 Å². The van der Waals surface area contributed by atoms with Crippen molar-refractivity contribution < 1.29 is 4.79 Å². The van der Waals surface area contributed by atoms with E-state index in [1.54, 1.807) is 0 Å². The summed E-state index contributed by atoms with van der Waals surface area (Å²) in [6.45, 7) is 8.74. The van der Waals surface area contributed by atoms with Crippen molar-refractivity contribution in [3.05, 3.63) is 75.2 Å². The van der Waals surface area contributed by atoms with Crippen molar-refractivity contribution >= 4 is 11.5 Å². The van der Waals surface area contributed by atoms with Gasteiger partial charge in [-0.3, -0.25) is 9.59 Å². The molecule has 0 saturated heterocycles. The first-order valence-corrected chi connectivity index (χ1v) is 11.0. The summed E-state index contributed by atoms with van der Waals surface area (Å²) in [5.41, 5.74) is 10.3. The molecule has 4 heteroatoms. The molecule has 0 fully saturated rings. The van der Waals surface area contributed by atoms with Gasteiger partial charge in [0.1, 0.15) is 0 Å². The number of nitrogens with one attached hydrogen (secondary N) is 1. The van der Waals surface area contributed by atoms with Crippen LogP contribution in [-0.4, -0.2) is 10.9 Å². The lowest BCUT2D eigenvalue weighted by Crippen LogP contribution is -2.14. The maximum Gasteiger partial charge on any atom is 0.251 e. The van der Waals surface area contributed by atoms with E-state index in [4.69, 9.17) is 5.73 Å². The number of carbonyl (C=O) groups excluding carboxylic acids is 1. The Morgan fingerprint density at radius 2 is 1.73 bits per heavy atom. The summed E-state index contributed by atoms with van der Waals surface area (Å²) in [5.74, 6) is -0.288. The number of aromatic nitrogens is 1. The van der Waals surface area contributed by atoms with Gasteiger partial charge < -0.3 is 10.7 Å². The zero-order valence-electron chi connectivity index (χ0n) is 18.9. The predicted molar refractivity (Wildman–Crippen MR) is 126 cm³/mol. The number of allylic oxidation sites excluding steroid dienone is 1. The van der Waals surface area contributed by atoms with Crippen LogP contribution in [0.15, 0.2) is 47.3 Å². The van der Waals surface area contributed by atoms with Gasteiger partial charge in [-0.2, -0.15) is 0 Å². The minimum atomic E-state index is -0.288. The number of aromatic amines is 1. The number of aryl methyl sites for hydroxylation is 1. The van der Waals surface area contributed by atoms with E-state index in [1.807, 2.05) is 12.1 Å². The predicted octanol–water partition coefficient (Wildman–Crippen LogP) is 5.49. The number of nitrogens with two attached hydrogens (primary N) is 1. The standard InChI is InChI=1S/C26H36N2O2/c1-5-6-7-10-20-15-18-23(28-25(20)30)22(11-8-9-12-24(27)29)19-13-16-21(17-14-19)26(2,3)4/h11,13-18H,5-10,12H2,1-4H3,(H2,27,29)(H,28,30)/b22-11+. The lowest BCUT2D eigenvalue weighted by molar-refractivity contribution is -0.118. The molecule has 1 aromatic heterocycles. The summed E-state index contributed by atoms with van der Waals surface area (Å²) in [6.07, 6.45) is 7.98. The van der Waals surface area contributed by atoms with E-state index in [0.29, 0.717) is 12.8 Å². The molecule has 1 aromatic carbocycles. The highest BCUT2D eigenvalue weighted by atomic mass is 16.1. The van der Waals surface area contributed by atoms with Gasteiger partial charge in [0.2, 0.25) is 5.91 Å². The van der Waals surface area contributed by atoms with Crippen molar-refractivity contribution in [2.24, 2.45) is 5.73 Å². The second-order valence-corrected chi connectivity index (χ2v) is 8.99. The molecular weight excluding hydrogens is 372 g/mol. The molecule has 1 amide bonds. The maximum atomic E-state index is 12.6. The van der Waals surface area contributed by atoms with Crippen LogP contribution in [0.3, 0.4) is 0 Å². The van der Waals surface area contributed by atoms with E-state index >= 15 is 0 Å². The molecule has 0 aliphatic rings. The fraction of sp³-hybridized carbons (Fsp3) is 0.462. The molecule has 0 spiro atoms. The Labute approximate surface area is 180 Å². The molecule has 0 aliphatic heterocycles. The van der Waals surface area contributed by atoms with Crippen LogP contribution in [0.1, 0.15) is 88.6 Å². The van der Waals surface area contributed by atoms with Crippen LogP contribution in [0.25, 0.3) is 5.57 Å². The molecule has 4 nitrogen and oxygen atoms in total. The van der Waals surface area contributed by atoms with Crippen molar-refractivity contribution in [2.45, 2.75) is 78.1 Å². The fourth-order valence-electron chi connectivity index (χ4n) is 3.48. The smallest absolute Gasteiger partial charge is 0.251 e. The maximum absolute atomic E-state index is 12.6. The Balaban J connectivity index is 2.34. The first-order valence-electron chi connectivity index (χ1n) is 11.0. The highest BCUT2D eigenvalue weighted by molar-refractivity contribution is 5.78. The van der Waals surface area contributed by atoms with E-state index in [1.165, 1.54) is 5.56 Å². The van der Waals surface area contributed by atoms with Crippen molar-refractivity contribution in [1.29, 1.82) is 0 Å². The highest BCUT2D eigenvalue weighted by Crippen LogP contribution is 2.27. The second kappa shape index (κ2) is 11.0. The van der Waals surface area contributed by atoms with E-state index in [-0.39, 0.29) is 16.9 Å². The topological polar surface area (TPSA) is 76.0 Å². The summed E-state index contributed by atoms with van der Waals surface area (Å²) < 4.78 is 0. The average Bonchev–Trinajstić information content (AvgIpc) is 2.69. The van der Waals surface area contributed by atoms with Crippen LogP contribution in [0.5, 0.6) is 0 Å². The molecule has 1 heterocycles. The van der Waals surface area contributed by atoms with Gasteiger partial charge in [0.05, 0.1) is 0 Å². The molecule has 2 aromatic rings. The monoisotopic (exact) mass is 408 g/mol. The number of carbonyl (C=O) groups is 1. The molecule has 2 rings (SSSR count). The summed E-state index contributed by atoms with van der Waals surface area (Å²) in [7, 11) is 0. The Morgan fingerprint density at radius 3 is 2.30 bits per heavy atom. The van der Waals surface area contributed by atoms with E-state index in [0.717, 1.165) is 54.5 Å². The minimum Gasteiger partial charge on any atom is -0.370 e. The number of amides is 1. The van der Waals surface area contributed by atoms with Crippen LogP contribution < -0.4 is 11.3 Å². The van der Waals surface area contributed by atoms with Gasteiger partial charge in [-0.15, -0.1) is 0 Å². The third-order valence-electron chi connectivity index (χ3n) is 5.37. The van der Waals surface area contributed by atoms with Gasteiger partial charge in [-0.05, 0) is 48.3 Å². The largest absolute Gasteiger partial charge is 0.370 e. The second-order valence-electron chi connectivity index (χ2n) is 8.99. The van der Waals surface area contributed by atoms with Crippen molar-refractivity contribution in [3.63, 3.8) is 0 Å². The summed E-state index contributed by atoms with van der Waals surface area (Å²) >= 11 is 0. The molecule has 0 saturated carbocycles. The van der Waals surface area contributed by atoms with Crippen molar-refractivity contribution in [1.82, 2.24) is 4.98 Å². The third-order valence-corrected chi connectivity index (χ3v) is 5.37. The number of benzene rings is 1. The number of unbranched alkanes of at least 4 members (excludes halogenated alkanes) is 3. The SMILES string of the molecule is CCCCCc1ccc(/C(=C/CCCC(N)=O)c2ccc(C(C)(C)C)cc2)[nH]c1=O. The Morgan fingerprint density at radius 1 is 1.03 bits per heavy atom. The lowest BCUT2D eigenvalue weighted by Gasteiger charge is -2.19. The minimum absolute atomic E-state index is 0.0158. The van der Waals surface area contributed by atoms with Crippen LogP contribution in [0, 0.1) is 0 Å². The molecular formula is C26H36N2O2. The number of hydrogen-bond donors (Lipinski definition) is 2. The number of pyridine rings is 1. The first-order chi connectivity index (χ1) is 14.2.